The van der Waals surface area contributed by atoms with Crippen molar-refractivity contribution in [1.29, 1.82) is 0 Å². The van der Waals surface area contributed by atoms with Gasteiger partial charge in [-0.15, -0.1) is 0 Å². The molecule has 1 fully saturated rings. The van der Waals surface area contributed by atoms with E-state index in [0.717, 1.165) is 13.2 Å². The first-order valence-corrected chi connectivity index (χ1v) is 7.49. The first kappa shape index (κ1) is 16.6. The van der Waals surface area contributed by atoms with Crippen LogP contribution in [-0.2, 0) is 4.74 Å². The molecule has 1 rings (SSSR count). The molecule has 0 aliphatic carbocycles. The maximum absolute atomic E-state index is 6.03. The van der Waals surface area contributed by atoms with Gasteiger partial charge in [-0.2, -0.15) is 0 Å². The molecule has 0 aromatic rings. The molecule has 19 heavy (non-hydrogen) atoms. The maximum atomic E-state index is 6.03. The molecule has 0 aromatic carbocycles. The highest BCUT2D eigenvalue weighted by Gasteiger charge is 2.48. The van der Waals surface area contributed by atoms with Crippen LogP contribution in [0.1, 0.15) is 55.4 Å². The van der Waals surface area contributed by atoms with E-state index in [9.17, 15) is 0 Å². The van der Waals surface area contributed by atoms with Crippen molar-refractivity contribution in [3.05, 3.63) is 0 Å². The molecule has 1 aliphatic rings. The monoisotopic (exact) mass is 268 g/mol. The first-order valence-electron chi connectivity index (χ1n) is 7.49. The van der Waals surface area contributed by atoms with E-state index in [1.807, 2.05) is 0 Å². The number of nitrogens with zero attached hydrogens (tertiary/aromatic N) is 2. The van der Waals surface area contributed by atoms with Crippen LogP contribution in [0.5, 0.6) is 0 Å². The molecule has 1 saturated heterocycles. The van der Waals surface area contributed by atoms with Gasteiger partial charge in [0.15, 0.2) is 0 Å². The lowest BCUT2D eigenvalue weighted by Crippen LogP contribution is -2.58. The number of hydrogen-bond acceptors (Lipinski definition) is 3. The van der Waals surface area contributed by atoms with Gasteiger partial charge >= 0.3 is 0 Å². The Kier molecular flexibility index (Phi) is 5.19. The second-order valence-electron chi connectivity index (χ2n) is 7.67. The van der Waals surface area contributed by atoms with E-state index in [2.05, 4.69) is 71.5 Å². The van der Waals surface area contributed by atoms with Crippen LogP contribution in [0.15, 0.2) is 4.99 Å². The molecule has 0 radical (unpaired) electrons. The molecule has 1 atom stereocenters. The Balaban J connectivity index is 2.88. The lowest BCUT2D eigenvalue weighted by Gasteiger charge is -2.46. The van der Waals surface area contributed by atoms with Crippen molar-refractivity contribution >= 4 is 6.21 Å². The molecular weight excluding hydrogens is 236 g/mol. The van der Waals surface area contributed by atoms with Gasteiger partial charge in [-0.05, 0) is 39.5 Å². The van der Waals surface area contributed by atoms with E-state index in [4.69, 9.17) is 4.74 Å². The average molecular weight is 268 g/mol. The zero-order chi connectivity index (χ0) is 14.8. The standard InChI is InChI=1S/C16H32N2O/c1-12(2)9-17-10-15(5,6)18-14(13(3)4)19-11-16(18,7)8/h9,12-14H,10-11H2,1-8H3. The van der Waals surface area contributed by atoms with Gasteiger partial charge in [0.2, 0.25) is 0 Å². The summed E-state index contributed by atoms with van der Waals surface area (Å²) in [5, 5.41) is 0. The third kappa shape index (κ3) is 4.03. The molecular formula is C16H32N2O. The third-order valence-corrected chi connectivity index (χ3v) is 3.62. The van der Waals surface area contributed by atoms with Crippen molar-refractivity contribution in [2.45, 2.75) is 72.7 Å². The lowest BCUT2D eigenvalue weighted by molar-refractivity contribution is -0.0598. The topological polar surface area (TPSA) is 24.8 Å². The highest BCUT2D eigenvalue weighted by molar-refractivity contribution is 5.59. The van der Waals surface area contributed by atoms with Gasteiger partial charge in [0.05, 0.1) is 13.2 Å². The minimum Gasteiger partial charge on any atom is -0.361 e. The molecule has 0 amide bonds. The van der Waals surface area contributed by atoms with Crippen LogP contribution in [0.4, 0.5) is 0 Å². The fraction of sp³-hybridized carbons (Fsp3) is 0.938. The summed E-state index contributed by atoms with van der Waals surface area (Å²) in [6.45, 7) is 19.5. The van der Waals surface area contributed by atoms with Crippen LogP contribution in [0.25, 0.3) is 0 Å². The highest BCUT2D eigenvalue weighted by Crippen LogP contribution is 2.37. The summed E-state index contributed by atoms with van der Waals surface area (Å²) in [4.78, 5) is 7.14. The minimum absolute atomic E-state index is 0.0142. The van der Waals surface area contributed by atoms with Gasteiger partial charge in [0, 0.05) is 17.3 Å². The Hall–Kier alpha value is -0.410. The molecule has 0 saturated carbocycles. The summed E-state index contributed by atoms with van der Waals surface area (Å²) < 4.78 is 6.03. The Bertz CT molecular complexity index is 319. The number of aliphatic imine (C=N–C) groups is 1. The molecule has 0 bridgehead atoms. The van der Waals surface area contributed by atoms with E-state index >= 15 is 0 Å². The van der Waals surface area contributed by atoms with Gasteiger partial charge in [-0.1, -0.05) is 27.7 Å². The molecule has 3 heteroatoms. The molecule has 1 heterocycles. The number of rotatable bonds is 5. The zero-order valence-corrected chi connectivity index (χ0v) is 14.0. The SMILES string of the molecule is CC(C)C=NCC(C)(C)N1C(C(C)C)OCC1(C)C. The summed E-state index contributed by atoms with van der Waals surface area (Å²) in [6.07, 6.45) is 2.25. The van der Waals surface area contributed by atoms with Crippen molar-refractivity contribution in [2.75, 3.05) is 13.2 Å². The Labute approximate surface area is 119 Å². The zero-order valence-electron chi connectivity index (χ0n) is 14.0. The minimum atomic E-state index is 0.0142. The quantitative estimate of drug-likeness (QED) is 0.712. The predicted molar refractivity (Wildman–Crippen MR) is 82.8 cm³/mol. The molecule has 0 spiro atoms. The molecule has 1 unspecified atom stereocenters. The molecule has 1 aliphatic heterocycles. The van der Waals surface area contributed by atoms with Crippen molar-refractivity contribution < 1.29 is 4.74 Å². The Morgan fingerprint density at radius 3 is 2.37 bits per heavy atom. The summed E-state index contributed by atoms with van der Waals surface area (Å²) in [5.41, 5.74) is 0.0894. The summed E-state index contributed by atoms with van der Waals surface area (Å²) in [6, 6.07) is 0. The van der Waals surface area contributed by atoms with Gasteiger partial charge < -0.3 is 4.74 Å². The van der Waals surface area contributed by atoms with Crippen LogP contribution in [0.2, 0.25) is 0 Å². The lowest BCUT2D eigenvalue weighted by atomic mass is 9.92. The van der Waals surface area contributed by atoms with Crippen molar-refractivity contribution in [3.63, 3.8) is 0 Å². The summed E-state index contributed by atoms with van der Waals surface area (Å²) in [7, 11) is 0. The third-order valence-electron chi connectivity index (χ3n) is 3.62. The smallest absolute Gasteiger partial charge is 0.114 e. The fourth-order valence-corrected chi connectivity index (χ4v) is 3.00. The predicted octanol–water partition coefficient (Wildman–Crippen LogP) is 3.58. The van der Waals surface area contributed by atoms with Crippen LogP contribution < -0.4 is 0 Å². The van der Waals surface area contributed by atoms with E-state index in [-0.39, 0.29) is 17.3 Å². The second kappa shape index (κ2) is 5.92. The largest absolute Gasteiger partial charge is 0.361 e. The van der Waals surface area contributed by atoms with E-state index in [1.165, 1.54) is 0 Å². The van der Waals surface area contributed by atoms with E-state index < -0.39 is 0 Å². The average Bonchev–Trinajstić information content (AvgIpc) is 2.53. The number of ether oxygens (including phenoxy) is 1. The molecule has 0 aromatic heterocycles. The summed E-state index contributed by atoms with van der Waals surface area (Å²) in [5.74, 6) is 1.01. The van der Waals surface area contributed by atoms with Crippen LogP contribution in [-0.4, -0.2) is 41.6 Å². The van der Waals surface area contributed by atoms with Gasteiger partial charge in [0.1, 0.15) is 6.23 Å². The fourth-order valence-electron chi connectivity index (χ4n) is 3.00. The van der Waals surface area contributed by atoms with Crippen molar-refractivity contribution in [1.82, 2.24) is 4.90 Å². The first-order chi connectivity index (χ1) is 8.58. The number of hydrogen-bond donors (Lipinski definition) is 0. The van der Waals surface area contributed by atoms with Crippen molar-refractivity contribution in [2.24, 2.45) is 16.8 Å². The van der Waals surface area contributed by atoms with E-state index in [1.54, 1.807) is 0 Å². The molecule has 0 N–H and O–H groups in total. The van der Waals surface area contributed by atoms with Crippen LogP contribution in [0.3, 0.4) is 0 Å². The van der Waals surface area contributed by atoms with Gasteiger partial charge in [-0.25, -0.2) is 0 Å². The molecule has 112 valence electrons. The van der Waals surface area contributed by atoms with Crippen LogP contribution >= 0.6 is 0 Å². The van der Waals surface area contributed by atoms with Crippen molar-refractivity contribution in [3.8, 4) is 0 Å². The van der Waals surface area contributed by atoms with Gasteiger partial charge in [0.25, 0.3) is 0 Å². The van der Waals surface area contributed by atoms with Crippen LogP contribution in [0, 0.1) is 11.8 Å². The highest BCUT2D eigenvalue weighted by atomic mass is 16.5. The Morgan fingerprint density at radius 2 is 1.89 bits per heavy atom. The normalized spacial score (nSPS) is 25.1. The molecule has 3 nitrogen and oxygen atoms in total. The van der Waals surface area contributed by atoms with Gasteiger partial charge in [-0.3, -0.25) is 9.89 Å². The Morgan fingerprint density at radius 1 is 1.32 bits per heavy atom. The van der Waals surface area contributed by atoms with E-state index in [0.29, 0.717) is 11.8 Å². The maximum Gasteiger partial charge on any atom is 0.114 e. The second-order valence-corrected chi connectivity index (χ2v) is 7.67. The summed E-state index contributed by atoms with van der Waals surface area (Å²) >= 11 is 0.